The number of ether oxygens (including phenoxy) is 1. The van der Waals surface area contributed by atoms with Gasteiger partial charge in [-0.2, -0.15) is 4.98 Å². The van der Waals surface area contributed by atoms with Crippen molar-refractivity contribution in [2.75, 3.05) is 5.32 Å². The van der Waals surface area contributed by atoms with Gasteiger partial charge in [-0.1, -0.05) is 24.3 Å². The van der Waals surface area contributed by atoms with Gasteiger partial charge in [0.25, 0.3) is 0 Å². The number of pyridine rings is 2. The van der Waals surface area contributed by atoms with Gasteiger partial charge in [0.1, 0.15) is 11.8 Å². The molecule has 3 heterocycles. The number of benzene rings is 2. The molecular weight excluding hydrogens is 420 g/mol. The Bertz CT molecular complexity index is 1540. The van der Waals surface area contributed by atoms with E-state index >= 15 is 0 Å². The van der Waals surface area contributed by atoms with Gasteiger partial charge >= 0.3 is 11.6 Å². The average molecular weight is 438 g/mol. The SMILES string of the molecule is Cc1ccc2c(Nc3ncnc(Oc4cccc5ccc(C)nc45)c3[N+](=O)[O-])cccc2n1. The second-order valence-electron chi connectivity index (χ2n) is 7.47. The van der Waals surface area contributed by atoms with Crippen molar-refractivity contribution in [2.24, 2.45) is 0 Å². The minimum Gasteiger partial charge on any atom is -0.431 e. The van der Waals surface area contributed by atoms with Crippen LogP contribution >= 0.6 is 0 Å². The van der Waals surface area contributed by atoms with Crippen LogP contribution < -0.4 is 10.1 Å². The molecule has 2 aromatic carbocycles. The molecule has 0 amide bonds. The number of aryl methyl sites for hydroxylation is 2. The van der Waals surface area contributed by atoms with Gasteiger partial charge in [0.2, 0.25) is 5.82 Å². The van der Waals surface area contributed by atoms with Gasteiger partial charge in [-0.3, -0.25) is 15.1 Å². The third kappa shape index (κ3) is 3.87. The maximum Gasteiger partial charge on any atom is 0.373 e. The van der Waals surface area contributed by atoms with Crippen LogP contribution in [-0.4, -0.2) is 24.9 Å². The van der Waals surface area contributed by atoms with E-state index in [1.165, 1.54) is 6.33 Å². The summed E-state index contributed by atoms with van der Waals surface area (Å²) in [6.07, 6.45) is 1.22. The fourth-order valence-corrected chi connectivity index (χ4v) is 3.59. The number of nitrogens with zero attached hydrogens (tertiary/aromatic N) is 5. The summed E-state index contributed by atoms with van der Waals surface area (Å²) in [5, 5.41) is 16.8. The lowest BCUT2D eigenvalue weighted by molar-refractivity contribution is -0.385. The summed E-state index contributed by atoms with van der Waals surface area (Å²) >= 11 is 0. The summed E-state index contributed by atoms with van der Waals surface area (Å²) < 4.78 is 5.91. The van der Waals surface area contributed by atoms with Crippen molar-refractivity contribution in [1.82, 2.24) is 19.9 Å². The third-order valence-corrected chi connectivity index (χ3v) is 5.12. The van der Waals surface area contributed by atoms with Crippen molar-refractivity contribution in [2.45, 2.75) is 13.8 Å². The minimum atomic E-state index is -0.561. The summed E-state index contributed by atoms with van der Waals surface area (Å²) in [5.41, 5.74) is 3.30. The maximum atomic E-state index is 12.0. The molecule has 0 aliphatic heterocycles. The molecule has 3 aromatic heterocycles. The topological polar surface area (TPSA) is 116 Å². The molecule has 0 saturated carbocycles. The number of hydrogen-bond donors (Lipinski definition) is 1. The standard InChI is InChI=1S/C24H18N6O3/c1-14-10-12-17-18(27-14)6-4-7-19(17)29-23-22(30(31)32)24(26-13-25-23)33-20-8-3-5-16-11-9-15(2)28-21(16)20/h3-13H,1-2H3,(H,25,26,29). The molecule has 0 radical (unpaired) electrons. The average Bonchev–Trinajstić information content (AvgIpc) is 2.79. The second kappa shape index (κ2) is 8.12. The fraction of sp³-hybridized carbons (Fsp3) is 0.0833. The van der Waals surface area contributed by atoms with Crippen molar-refractivity contribution >= 4 is 39.0 Å². The van der Waals surface area contributed by atoms with Crippen LogP contribution in [0.15, 0.2) is 67.0 Å². The highest BCUT2D eigenvalue weighted by Gasteiger charge is 2.26. The van der Waals surface area contributed by atoms with Gasteiger partial charge in [-0.05, 0) is 50.2 Å². The van der Waals surface area contributed by atoms with E-state index in [0.29, 0.717) is 17.0 Å². The van der Waals surface area contributed by atoms with Gasteiger partial charge in [0.15, 0.2) is 5.75 Å². The van der Waals surface area contributed by atoms with E-state index in [1.54, 1.807) is 12.1 Å². The number of nitro groups is 1. The maximum absolute atomic E-state index is 12.0. The Hall–Kier alpha value is -4.66. The number of anilines is 2. The first-order valence-electron chi connectivity index (χ1n) is 10.2. The Labute approximate surface area is 188 Å². The van der Waals surface area contributed by atoms with E-state index in [0.717, 1.165) is 27.7 Å². The van der Waals surface area contributed by atoms with Crippen LogP contribution in [0.2, 0.25) is 0 Å². The first kappa shape index (κ1) is 20.3. The van der Waals surface area contributed by atoms with Crippen molar-refractivity contribution in [3.05, 3.63) is 88.5 Å². The molecule has 0 unspecified atom stereocenters. The molecular formula is C24H18N6O3. The highest BCUT2D eigenvalue weighted by atomic mass is 16.6. The van der Waals surface area contributed by atoms with Crippen molar-refractivity contribution < 1.29 is 9.66 Å². The quantitative estimate of drug-likeness (QED) is 0.277. The van der Waals surface area contributed by atoms with Crippen LogP contribution in [0.25, 0.3) is 21.8 Å². The van der Waals surface area contributed by atoms with Crippen molar-refractivity contribution in [1.29, 1.82) is 0 Å². The number of para-hydroxylation sites is 1. The largest absolute Gasteiger partial charge is 0.431 e. The summed E-state index contributed by atoms with van der Waals surface area (Å²) in [7, 11) is 0. The monoisotopic (exact) mass is 438 g/mol. The minimum absolute atomic E-state index is 0.0162. The Kier molecular flexibility index (Phi) is 4.98. The molecule has 0 fully saturated rings. The number of aromatic nitrogens is 4. The highest BCUT2D eigenvalue weighted by Crippen LogP contribution is 2.38. The third-order valence-electron chi connectivity index (χ3n) is 5.12. The predicted octanol–water partition coefficient (Wildman–Crippen LogP) is 5.63. The van der Waals surface area contributed by atoms with Crippen molar-refractivity contribution in [3.63, 3.8) is 0 Å². The zero-order valence-corrected chi connectivity index (χ0v) is 17.8. The molecule has 162 valence electrons. The molecule has 0 bridgehead atoms. The zero-order valence-electron chi connectivity index (χ0n) is 17.8. The lowest BCUT2D eigenvalue weighted by Gasteiger charge is -2.12. The zero-order chi connectivity index (χ0) is 22.9. The van der Waals surface area contributed by atoms with Crippen LogP contribution in [0.1, 0.15) is 11.4 Å². The first-order chi connectivity index (χ1) is 16.0. The van der Waals surface area contributed by atoms with Crippen LogP contribution in [0.4, 0.5) is 17.2 Å². The molecule has 0 atom stereocenters. The van der Waals surface area contributed by atoms with E-state index in [1.807, 2.05) is 62.4 Å². The van der Waals surface area contributed by atoms with Crippen LogP contribution in [0.5, 0.6) is 11.6 Å². The van der Waals surface area contributed by atoms with Gasteiger partial charge in [-0.15, -0.1) is 0 Å². The lowest BCUT2D eigenvalue weighted by atomic mass is 10.1. The van der Waals surface area contributed by atoms with Crippen LogP contribution in [0.3, 0.4) is 0 Å². The van der Waals surface area contributed by atoms with Gasteiger partial charge in [0, 0.05) is 27.8 Å². The molecule has 33 heavy (non-hydrogen) atoms. The Morgan fingerprint density at radius 3 is 2.55 bits per heavy atom. The molecule has 5 aromatic rings. The summed E-state index contributed by atoms with van der Waals surface area (Å²) in [4.78, 5) is 28.7. The molecule has 0 aliphatic rings. The Morgan fingerprint density at radius 1 is 0.909 bits per heavy atom. The van der Waals surface area contributed by atoms with E-state index in [-0.39, 0.29) is 17.4 Å². The van der Waals surface area contributed by atoms with E-state index in [2.05, 4.69) is 25.3 Å². The van der Waals surface area contributed by atoms with Gasteiger partial charge < -0.3 is 10.1 Å². The first-order valence-corrected chi connectivity index (χ1v) is 10.2. The van der Waals surface area contributed by atoms with Crippen LogP contribution in [0, 0.1) is 24.0 Å². The highest BCUT2D eigenvalue weighted by molar-refractivity contribution is 5.93. The van der Waals surface area contributed by atoms with E-state index in [9.17, 15) is 10.1 Å². The number of hydrogen-bond acceptors (Lipinski definition) is 8. The molecule has 0 aliphatic carbocycles. The molecule has 9 heteroatoms. The normalized spacial score (nSPS) is 11.0. The van der Waals surface area contributed by atoms with Gasteiger partial charge in [-0.25, -0.2) is 9.97 Å². The van der Waals surface area contributed by atoms with Gasteiger partial charge in [0.05, 0.1) is 10.4 Å². The Balaban J connectivity index is 1.59. The summed E-state index contributed by atoms with van der Waals surface area (Å²) in [5.74, 6) is 0.207. The van der Waals surface area contributed by atoms with E-state index < -0.39 is 4.92 Å². The molecule has 1 N–H and O–H groups in total. The number of fused-ring (bicyclic) bond motifs is 2. The molecule has 5 rings (SSSR count). The van der Waals surface area contributed by atoms with Crippen molar-refractivity contribution in [3.8, 4) is 11.6 Å². The smallest absolute Gasteiger partial charge is 0.373 e. The molecule has 9 nitrogen and oxygen atoms in total. The fourth-order valence-electron chi connectivity index (χ4n) is 3.59. The molecule has 0 saturated heterocycles. The Morgan fingerprint density at radius 2 is 1.70 bits per heavy atom. The predicted molar refractivity (Wildman–Crippen MR) is 125 cm³/mol. The summed E-state index contributed by atoms with van der Waals surface area (Å²) in [6, 6.07) is 18.5. The number of rotatable bonds is 5. The van der Waals surface area contributed by atoms with Crippen LogP contribution in [-0.2, 0) is 0 Å². The lowest BCUT2D eigenvalue weighted by Crippen LogP contribution is -2.04. The van der Waals surface area contributed by atoms with E-state index in [4.69, 9.17) is 4.74 Å². The summed E-state index contributed by atoms with van der Waals surface area (Å²) in [6.45, 7) is 3.77. The number of nitrogens with one attached hydrogen (secondary N) is 1. The molecule has 0 spiro atoms. The second-order valence-corrected chi connectivity index (χ2v) is 7.47.